The maximum atomic E-state index is 11.6. The van der Waals surface area contributed by atoms with Crippen LogP contribution in [0.15, 0.2) is 0 Å². The van der Waals surface area contributed by atoms with Crippen molar-refractivity contribution in [3.63, 3.8) is 0 Å². The van der Waals surface area contributed by atoms with Gasteiger partial charge in [0.25, 0.3) is 0 Å². The van der Waals surface area contributed by atoms with Crippen molar-refractivity contribution in [1.82, 2.24) is 5.32 Å². The van der Waals surface area contributed by atoms with Gasteiger partial charge < -0.3 is 15.2 Å². The minimum Gasteiger partial charge on any atom is -0.520 e. The Hall–Kier alpha value is -2.27. The molecule has 0 aromatic rings. The maximum Gasteiger partial charge on any atom is 0.391 e. The molecule has 0 bridgehead atoms. The minimum absolute atomic E-state index is 0. The Balaban J connectivity index is 0. The molecule has 4 nitrogen and oxygen atoms in total. The average Bonchev–Trinajstić information content (AvgIpc) is 1.83. The van der Waals surface area contributed by atoms with E-state index < -0.39 is 24.6 Å². The van der Waals surface area contributed by atoms with Crippen molar-refractivity contribution in [3.8, 4) is 0 Å². The van der Waals surface area contributed by atoms with Crippen LogP contribution in [0.25, 0.3) is 0 Å². The normalized spacial score (nSPS) is 12.5. The summed E-state index contributed by atoms with van der Waals surface area (Å²) in [6, 6.07) is -1.96. The molecule has 2 N–H and O–H groups in total. The predicted molar refractivity (Wildman–Crippen MR) is 30.9 cm³/mol. The van der Waals surface area contributed by atoms with Crippen LogP contribution in [0, 0.1) is 0 Å². The van der Waals surface area contributed by atoms with Crippen LogP contribution in [-0.4, -0.2) is 29.7 Å². The van der Waals surface area contributed by atoms with Gasteiger partial charge in [0.2, 0.25) is 0 Å². The Bertz CT molecular complexity index is 184. The molecule has 82 valence electrons. The van der Waals surface area contributed by atoms with Crippen molar-refractivity contribution < 1.29 is 27.9 Å². The molecule has 0 unspecified atom stereocenters. The van der Waals surface area contributed by atoms with Crippen molar-refractivity contribution in [2.24, 2.45) is 0 Å². The first kappa shape index (κ1) is 13.3. The van der Waals surface area contributed by atoms with Gasteiger partial charge in [-0.1, -0.05) is 0 Å². The molecule has 0 aliphatic carbocycles. The molecule has 1 amide bonds. The molecule has 0 aromatic heterocycles. The molecule has 0 rings (SSSR count). The van der Waals surface area contributed by atoms with E-state index in [1.807, 2.05) is 0 Å². The van der Waals surface area contributed by atoms with Crippen LogP contribution in [0.3, 0.4) is 0 Å². The SMILES string of the molecule is O=[C-]N[C@@H](CC(F)(F)F)C(=O)O.[Fm]. The van der Waals surface area contributed by atoms with Crippen LogP contribution in [0.2, 0.25) is 0 Å². The summed E-state index contributed by atoms with van der Waals surface area (Å²) in [6.45, 7) is 0. The van der Waals surface area contributed by atoms with Gasteiger partial charge in [0.05, 0.1) is 6.42 Å². The van der Waals surface area contributed by atoms with E-state index in [0.29, 0.717) is 0 Å². The summed E-state index contributed by atoms with van der Waals surface area (Å²) in [5, 5.41) is 9.54. The van der Waals surface area contributed by atoms with Gasteiger partial charge in [0, 0.05) is 0 Å². The molecular formula is C5H5F3FmNO3-. The predicted octanol–water partition coefficient (Wildman–Crippen LogP) is 0.0488. The van der Waals surface area contributed by atoms with Crippen LogP contribution < -0.4 is 5.32 Å². The van der Waals surface area contributed by atoms with Crippen LogP contribution in [-0.2, 0) is 9.59 Å². The Kier molecular flexibility index (Phi) is 4.69. The number of carboxylic acids is 1. The van der Waals surface area contributed by atoms with E-state index in [1.54, 1.807) is 0 Å². The number of amides is 1. The molecule has 0 heterocycles. The summed E-state index contributed by atoms with van der Waals surface area (Å²) < 4.78 is 34.7. The molecule has 0 fully saturated rings. The second-order valence-corrected chi connectivity index (χ2v) is 1.96. The van der Waals surface area contributed by atoms with Gasteiger partial charge >= 0.3 is 12.1 Å². The largest absolute Gasteiger partial charge is 0.520 e. The fourth-order valence-corrected chi connectivity index (χ4v) is 0.503. The second-order valence-electron chi connectivity index (χ2n) is 1.96. The van der Waals surface area contributed by atoms with Crippen molar-refractivity contribution in [3.05, 3.63) is 0 Å². The summed E-state index contributed by atoms with van der Waals surface area (Å²) in [5.74, 6) is -1.74. The average molecular weight is 441 g/mol. The zero-order chi connectivity index (χ0) is 9.78. The number of nitrogens with one attached hydrogen (secondary N) is 1. The molecule has 0 saturated carbocycles. The third-order valence-corrected chi connectivity index (χ3v) is 0.967. The molecule has 0 radical (unpaired) electrons. The van der Waals surface area contributed by atoms with Crippen LogP contribution in [0.5, 0.6) is 0 Å². The second kappa shape index (κ2) is 4.58. The van der Waals surface area contributed by atoms with E-state index in [0.717, 1.165) is 6.41 Å². The fraction of sp³-hybridized carbons (Fsp3) is 0.600. The number of alkyl halides is 3. The Morgan fingerprint density at radius 2 is 2.00 bits per heavy atom. The number of halogens is 3. The summed E-state index contributed by atoms with van der Waals surface area (Å²) >= 11 is 0. The zero-order valence-corrected chi connectivity index (χ0v) is 8.37. The molecule has 0 aromatic carbocycles. The molecule has 8 heteroatoms. The maximum absolute atomic E-state index is 11.6. The number of carbonyl (C=O) groups is 1. The van der Waals surface area contributed by atoms with Gasteiger partial charge in [0.1, 0.15) is 6.04 Å². The van der Waals surface area contributed by atoms with E-state index in [2.05, 4.69) is 0 Å². The van der Waals surface area contributed by atoms with Crippen LogP contribution >= 0.6 is 0 Å². The van der Waals surface area contributed by atoms with Crippen molar-refractivity contribution in [2.75, 3.05) is 0 Å². The van der Waals surface area contributed by atoms with E-state index in [-0.39, 0.29) is 0 Å². The zero-order valence-electron chi connectivity index (χ0n) is 5.97. The smallest absolute Gasteiger partial charge is 0.391 e. The summed E-state index contributed by atoms with van der Waals surface area (Å²) in [5.41, 5.74) is 0. The van der Waals surface area contributed by atoms with Crippen molar-refractivity contribution in [2.45, 2.75) is 18.6 Å². The molecule has 13 heavy (non-hydrogen) atoms. The van der Waals surface area contributed by atoms with Crippen molar-refractivity contribution >= 4 is 12.4 Å². The van der Waals surface area contributed by atoms with Crippen molar-refractivity contribution in [1.29, 1.82) is 0 Å². The van der Waals surface area contributed by atoms with Gasteiger partial charge in [0.15, 0.2) is 0 Å². The molecule has 0 aliphatic heterocycles. The van der Waals surface area contributed by atoms with E-state index in [1.165, 1.54) is 5.32 Å². The minimum atomic E-state index is -4.62. The Morgan fingerprint density at radius 1 is 1.54 bits per heavy atom. The van der Waals surface area contributed by atoms with E-state index in [9.17, 15) is 22.8 Å². The first-order chi connectivity index (χ1) is 5.37. The first-order valence-corrected chi connectivity index (χ1v) is 2.79. The third-order valence-electron chi connectivity index (χ3n) is 0.967. The topological polar surface area (TPSA) is 66.4 Å². The molecule has 1 atom stereocenters. The molecule has 0 saturated heterocycles. The third kappa shape index (κ3) is 6.14. The summed E-state index contributed by atoms with van der Waals surface area (Å²) in [4.78, 5) is 19.6. The van der Waals surface area contributed by atoms with Gasteiger partial charge in [-0.15, -0.1) is 0 Å². The molecule has 0 aliphatic rings. The molecular weight excluding hydrogens is 436 g/mol. The van der Waals surface area contributed by atoms with Crippen LogP contribution in [0.4, 0.5) is 13.2 Å². The standard InChI is InChI=1S/C5H5F3NO3.Fm/c6-5(7,8)1-3(4(11)12)9-2-10;/h3H,1H2,(H,9,10)(H,11,12);/q-1;/t3-;/m0./s1. The number of carbonyl (C=O) groups excluding carboxylic acids is 1. The monoisotopic (exact) mass is 441 g/mol. The number of hydrogen-bond donors (Lipinski definition) is 2. The number of hydrogen-bond acceptors (Lipinski definition) is 2. The van der Waals surface area contributed by atoms with Gasteiger partial charge in [-0.2, -0.15) is 19.6 Å². The summed E-state index contributed by atoms with van der Waals surface area (Å²) in [6.07, 6.45) is -5.33. The number of aliphatic carboxylic acids is 1. The molecule has 0 spiro atoms. The van der Waals surface area contributed by atoms with E-state index in [4.69, 9.17) is 5.11 Å². The van der Waals surface area contributed by atoms with E-state index >= 15 is 0 Å². The quantitative estimate of drug-likeness (QED) is 0.479. The van der Waals surface area contributed by atoms with Gasteiger partial charge in [-0.05, 0) is 0 Å². The Labute approximate surface area is 65.4 Å². The number of rotatable bonds is 4. The summed E-state index contributed by atoms with van der Waals surface area (Å²) in [7, 11) is 0. The Morgan fingerprint density at radius 3 is 2.23 bits per heavy atom. The van der Waals surface area contributed by atoms with Gasteiger partial charge in [-0.25, -0.2) is 0 Å². The first-order valence-electron chi connectivity index (χ1n) is 2.79. The number of carboxylic acid groups (broad SMARTS) is 1. The van der Waals surface area contributed by atoms with Gasteiger partial charge in [-0.3, -0.25) is 4.79 Å². The van der Waals surface area contributed by atoms with Crippen LogP contribution in [0.1, 0.15) is 6.42 Å². The fourth-order valence-electron chi connectivity index (χ4n) is 0.503.